The molecule has 1 aromatic rings. The van der Waals surface area contributed by atoms with Crippen molar-refractivity contribution in [2.24, 2.45) is 5.73 Å². The number of nitrogens with two attached hydrogens (primary N) is 1. The van der Waals surface area contributed by atoms with Crippen LogP contribution in [0.15, 0.2) is 16.7 Å². The molecule has 0 aliphatic rings. The number of hydrogen-bond acceptors (Lipinski definition) is 5. The van der Waals surface area contributed by atoms with Crippen LogP contribution in [-0.4, -0.2) is 26.2 Å². The second-order valence-corrected chi connectivity index (χ2v) is 3.47. The summed E-state index contributed by atoms with van der Waals surface area (Å²) in [6, 6.07) is 1.68. The van der Waals surface area contributed by atoms with Crippen molar-refractivity contribution >= 4 is 5.97 Å². The van der Waals surface area contributed by atoms with Gasteiger partial charge >= 0.3 is 5.97 Å². The molecular weight excluding hydrogens is 208 g/mol. The Kier molecular flexibility index (Phi) is 5.60. The normalized spacial score (nSPS) is 10.4. The number of carbonyl (C=O) groups is 1. The monoisotopic (exact) mass is 226 g/mol. The molecule has 0 fully saturated rings. The van der Waals surface area contributed by atoms with Gasteiger partial charge in [0.05, 0.1) is 19.2 Å². The van der Waals surface area contributed by atoms with E-state index >= 15 is 0 Å². The fraction of sp³-hybridized carbons (Fsp3) is 0.545. The zero-order valence-corrected chi connectivity index (χ0v) is 9.49. The first kappa shape index (κ1) is 12.7. The summed E-state index contributed by atoms with van der Waals surface area (Å²) < 4.78 is 9.78. The Labute approximate surface area is 94.9 Å². The molecule has 0 aliphatic heterocycles. The fourth-order valence-corrected chi connectivity index (χ4v) is 1.30. The van der Waals surface area contributed by atoms with E-state index < -0.39 is 0 Å². The number of nitrogens with one attached hydrogen (secondary N) is 1. The van der Waals surface area contributed by atoms with Crippen molar-refractivity contribution in [3.8, 4) is 0 Å². The van der Waals surface area contributed by atoms with Gasteiger partial charge in [0, 0.05) is 0 Å². The Morgan fingerprint density at radius 3 is 3.06 bits per heavy atom. The van der Waals surface area contributed by atoms with E-state index in [0.717, 1.165) is 31.7 Å². The van der Waals surface area contributed by atoms with Crippen molar-refractivity contribution in [1.82, 2.24) is 5.32 Å². The molecule has 0 spiro atoms. The van der Waals surface area contributed by atoms with Crippen LogP contribution in [0.3, 0.4) is 0 Å². The molecule has 1 rings (SSSR count). The number of hydrogen-bond donors (Lipinski definition) is 2. The Hall–Kier alpha value is -1.33. The SMILES string of the molecule is COC(=O)c1coc(CNCCCCN)c1. The first-order chi connectivity index (χ1) is 7.77. The van der Waals surface area contributed by atoms with E-state index in [1.54, 1.807) is 6.07 Å². The summed E-state index contributed by atoms with van der Waals surface area (Å²) in [5.41, 5.74) is 5.82. The molecule has 0 bridgehead atoms. The van der Waals surface area contributed by atoms with Gasteiger partial charge in [0.15, 0.2) is 0 Å². The summed E-state index contributed by atoms with van der Waals surface area (Å²) >= 11 is 0. The average Bonchev–Trinajstić information content (AvgIpc) is 2.76. The molecule has 1 aromatic heterocycles. The third-order valence-corrected chi connectivity index (χ3v) is 2.18. The van der Waals surface area contributed by atoms with Crippen LogP contribution in [0, 0.1) is 0 Å². The second-order valence-electron chi connectivity index (χ2n) is 3.47. The van der Waals surface area contributed by atoms with Crippen molar-refractivity contribution in [3.63, 3.8) is 0 Å². The minimum atomic E-state index is -0.377. The molecule has 0 atom stereocenters. The lowest BCUT2D eigenvalue weighted by atomic mass is 10.3. The number of methoxy groups -OCH3 is 1. The largest absolute Gasteiger partial charge is 0.467 e. The van der Waals surface area contributed by atoms with Gasteiger partial charge < -0.3 is 20.2 Å². The molecule has 0 saturated carbocycles. The Morgan fingerprint density at radius 2 is 2.38 bits per heavy atom. The van der Waals surface area contributed by atoms with Gasteiger partial charge in [0.25, 0.3) is 0 Å². The molecule has 0 aromatic carbocycles. The van der Waals surface area contributed by atoms with E-state index in [1.165, 1.54) is 13.4 Å². The molecule has 0 saturated heterocycles. The zero-order valence-electron chi connectivity index (χ0n) is 9.49. The van der Waals surface area contributed by atoms with Crippen LogP contribution in [0.2, 0.25) is 0 Å². The smallest absolute Gasteiger partial charge is 0.341 e. The predicted octanol–water partition coefficient (Wildman–Crippen LogP) is 0.895. The molecule has 1 heterocycles. The maximum Gasteiger partial charge on any atom is 0.341 e. The van der Waals surface area contributed by atoms with Crippen molar-refractivity contribution in [1.29, 1.82) is 0 Å². The van der Waals surface area contributed by atoms with E-state index in [0.29, 0.717) is 12.1 Å². The van der Waals surface area contributed by atoms with Gasteiger partial charge in [-0.1, -0.05) is 0 Å². The van der Waals surface area contributed by atoms with Crippen LogP contribution in [0.25, 0.3) is 0 Å². The minimum absolute atomic E-state index is 0.377. The predicted molar refractivity (Wildman–Crippen MR) is 60.0 cm³/mol. The molecule has 16 heavy (non-hydrogen) atoms. The zero-order chi connectivity index (χ0) is 11.8. The van der Waals surface area contributed by atoms with Crippen molar-refractivity contribution < 1.29 is 13.9 Å². The lowest BCUT2D eigenvalue weighted by Gasteiger charge is -2.00. The summed E-state index contributed by atoms with van der Waals surface area (Å²) in [6.45, 7) is 2.22. The summed E-state index contributed by atoms with van der Waals surface area (Å²) in [5.74, 6) is 0.353. The third kappa shape index (κ3) is 4.04. The van der Waals surface area contributed by atoms with Crippen LogP contribution in [0.4, 0.5) is 0 Å². The Morgan fingerprint density at radius 1 is 1.56 bits per heavy atom. The fourth-order valence-electron chi connectivity index (χ4n) is 1.30. The highest BCUT2D eigenvalue weighted by atomic mass is 16.5. The lowest BCUT2D eigenvalue weighted by molar-refractivity contribution is 0.0600. The van der Waals surface area contributed by atoms with E-state index in [1.807, 2.05) is 0 Å². The topological polar surface area (TPSA) is 77.5 Å². The Balaban J connectivity index is 2.27. The van der Waals surface area contributed by atoms with Gasteiger partial charge in [-0.05, 0) is 32.0 Å². The summed E-state index contributed by atoms with van der Waals surface area (Å²) in [4.78, 5) is 11.1. The van der Waals surface area contributed by atoms with E-state index in [-0.39, 0.29) is 5.97 Å². The van der Waals surface area contributed by atoms with Gasteiger partial charge in [-0.3, -0.25) is 0 Å². The Bertz CT molecular complexity index is 323. The van der Waals surface area contributed by atoms with E-state index in [9.17, 15) is 4.79 Å². The van der Waals surface area contributed by atoms with Crippen LogP contribution in [0.5, 0.6) is 0 Å². The quantitative estimate of drug-likeness (QED) is 0.533. The maximum atomic E-state index is 11.1. The summed E-state index contributed by atoms with van der Waals surface area (Å²) in [6.07, 6.45) is 3.46. The molecule has 0 unspecified atom stereocenters. The number of unbranched alkanes of at least 4 members (excludes halogenated alkanes) is 1. The highest BCUT2D eigenvalue weighted by Crippen LogP contribution is 2.08. The molecule has 90 valence electrons. The summed E-state index contributed by atoms with van der Waals surface area (Å²) in [5, 5.41) is 3.21. The molecular formula is C11H18N2O3. The molecule has 0 radical (unpaired) electrons. The number of esters is 1. The van der Waals surface area contributed by atoms with Gasteiger partial charge in [0.2, 0.25) is 0 Å². The highest BCUT2D eigenvalue weighted by molar-refractivity contribution is 5.88. The third-order valence-electron chi connectivity index (χ3n) is 2.18. The van der Waals surface area contributed by atoms with Gasteiger partial charge in [-0.2, -0.15) is 0 Å². The number of ether oxygens (including phenoxy) is 1. The van der Waals surface area contributed by atoms with Crippen molar-refractivity contribution in [2.75, 3.05) is 20.2 Å². The maximum absolute atomic E-state index is 11.1. The molecule has 0 amide bonds. The van der Waals surface area contributed by atoms with Crippen LogP contribution in [0.1, 0.15) is 29.0 Å². The van der Waals surface area contributed by atoms with E-state index in [2.05, 4.69) is 10.1 Å². The number of rotatable bonds is 7. The molecule has 5 nitrogen and oxygen atoms in total. The lowest BCUT2D eigenvalue weighted by Crippen LogP contribution is -2.15. The van der Waals surface area contributed by atoms with Crippen molar-refractivity contribution in [2.45, 2.75) is 19.4 Å². The molecule has 5 heteroatoms. The minimum Gasteiger partial charge on any atom is -0.467 e. The second kappa shape index (κ2) is 7.03. The van der Waals surface area contributed by atoms with Gasteiger partial charge in [0.1, 0.15) is 12.0 Å². The first-order valence-electron chi connectivity index (χ1n) is 5.34. The first-order valence-corrected chi connectivity index (χ1v) is 5.34. The number of carbonyl (C=O) groups excluding carboxylic acids is 1. The standard InChI is InChI=1S/C11H18N2O3/c1-15-11(14)9-6-10(16-8-9)7-13-5-3-2-4-12/h6,8,13H,2-5,7,12H2,1H3. The van der Waals surface area contributed by atoms with Crippen molar-refractivity contribution in [3.05, 3.63) is 23.7 Å². The van der Waals surface area contributed by atoms with Crippen LogP contribution in [-0.2, 0) is 11.3 Å². The molecule has 0 aliphatic carbocycles. The van der Waals surface area contributed by atoms with E-state index in [4.69, 9.17) is 10.2 Å². The van der Waals surface area contributed by atoms with Gasteiger partial charge in [-0.15, -0.1) is 0 Å². The number of furan rings is 1. The van der Waals surface area contributed by atoms with Crippen LogP contribution < -0.4 is 11.1 Å². The molecule has 3 N–H and O–H groups in total. The van der Waals surface area contributed by atoms with Gasteiger partial charge in [-0.25, -0.2) is 4.79 Å². The summed E-state index contributed by atoms with van der Waals surface area (Å²) in [7, 11) is 1.35. The highest BCUT2D eigenvalue weighted by Gasteiger charge is 2.09. The average molecular weight is 226 g/mol. The van der Waals surface area contributed by atoms with Crippen LogP contribution >= 0.6 is 0 Å².